The predicted octanol–water partition coefficient (Wildman–Crippen LogP) is 2.42. The zero-order valence-electron chi connectivity index (χ0n) is 14.4. The van der Waals surface area contributed by atoms with Crippen LogP contribution in [0, 0.1) is 0 Å². The number of ether oxygens (including phenoxy) is 1. The van der Waals surface area contributed by atoms with Crippen molar-refractivity contribution < 1.29 is 9.53 Å². The molecule has 2 aromatic carbocycles. The van der Waals surface area contributed by atoms with Gasteiger partial charge in [-0.25, -0.2) is 4.98 Å². The number of methoxy groups -OCH3 is 1. The van der Waals surface area contributed by atoms with Crippen LogP contribution < -0.4 is 15.6 Å². The summed E-state index contributed by atoms with van der Waals surface area (Å²) in [5.74, 6) is 0.783. The van der Waals surface area contributed by atoms with Gasteiger partial charge in [0.15, 0.2) is 0 Å². The lowest BCUT2D eigenvalue weighted by Gasteiger charge is -2.06. The van der Waals surface area contributed by atoms with Crippen LogP contribution in [0.4, 0.5) is 0 Å². The number of aromatic nitrogens is 2. The van der Waals surface area contributed by atoms with Crippen molar-refractivity contribution in [3.63, 3.8) is 0 Å². The van der Waals surface area contributed by atoms with E-state index in [1.165, 1.54) is 6.20 Å². The van der Waals surface area contributed by atoms with Crippen molar-refractivity contribution in [2.75, 3.05) is 13.7 Å². The van der Waals surface area contributed by atoms with Crippen molar-refractivity contribution in [2.24, 2.45) is 0 Å². The van der Waals surface area contributed by atoms with Gasteiger partial charge in [-0.2, -0.15) is 0 Å². The van der Waals surface area contributed by atoms with Gasteiger partial charge in [0.25, 0.3) is 11.5 Å². The number of rotatable bonds is 6. The van der Waals surface area contributed by atoms with Gasteiger partial charge in [-0.3, -0.25) is 9.59 Å². The van der Waals surface area contributed by atoms with E-state index in [4.69, 9.17) is 4.74 Å². The quantitative estimate of drug-likeness (QED) is 0.716. The summed E-state index contributed by atoms with van der Waals surface area (Å²) in [5.41, 5.74) is 1.40. The molecule has 0 aliphatic heterocycles. The van der Waals surface area contributed by atoms with Crippen molar-refractivity contribution in [3.05, 3.63) is 82.3 Å². The van der Waals surface area contributed by atoms with E-state index in [2.05, 4.69) is 15.3 Å². The van der Waals surface area contributed by atoms with Crippen molar-refractivity contribution >= 4 is 5.91 Å². The first-order chi connectivity index (χ1) is 12.7. The van der Waals surface area contributed by atoms with Gasteiger partial charge in [-0.1, -0.05) is 42.5 Å². The Labute approximate surface area is 150 Å². The first-order valence-electron chi connectivity index (χ1n) is 8.23. The number of carbonyl (C=O) groups excluding carboxylic acids is 1. The summed E-state index contributed by atoms with van der Waals surface area (Å²) < 4.78 is 5.11. The van der Waals surface area contributed by atoms with Crippen molar-refractivity contribution in [1.29, 1.82) is 0 Å². The van der Waals surface area contributed by atoms with E-state index in [9.17, 15) is 9.59 Å². The Kier molecular flexibility index (Phi) is 5.43. The number of aromatic amines is 1. The van der Waals surface area contributed by atoms with Crippen LogP contribution in [0.15, 0.2) is 65.6 Å². The van der Waals surface area contributed by atoms with Crippen LogP contribution in [0.2, 0.25) is 0 Å². The highest BCUT2D eigenvalue weighted by atomic mass is 16.5. The van der Waals surface area contributed by atoms with Gasteiger partial charge in [0.2, 0.25) is 0 Å². The topological polar surface area (TPSA) is 84.1 Å². The molecule has 0 saturated heterocycles. The van der Waals surface area contributed by atoms with Crippen LogP contribution >= 0.6 is 0 Å². The first-order valence-corrected chi connectivity index (χ1v) is 8.23. The van der Waals surface area contributed by atoms with Gasteiger partial charge >= 0.3 is 0 Å². The van der Waals surface area contributed by atoms with E-state index in [0.29, 0.717) is 18.8 Å². The van der Waals surface area contributed by atoms with Gasteiger partial charge in [-0.15, -0.1) is 0 Å². The molecule has 3 rings (SSSR count). The summed E-state index contributed by atoms with van der Waals surface area (Å²) in [5, 5.41) is 2.75. The maximum absolute atomic E-state index is 12.2. The number of nitrogens with zero attached hydrogens (tertiary/aromatic N) is 1. The molecule has 0 fully saturated rings. The first kappa shape index (κ1) is 17.4. The molecule has 6 heteroatoms. The molecular weight excluding hydrogens is 330 g/mol. The number of hydrogen-bond donors (Lipinski definition) is 2. The highest BCUT2D eigenvalue weighted by molar-refractivity contribution is 5.93. The van der Waals surface area contributed by atoms with Gasteiger partial charge < -0.3 is 15.0 Å². The molecule has 0 bridgehead atoms. The second-order valence-corrected chi connectivity index (χ2v) is 5.69. The second kappa shape index (κ2) is 8.11. The monoisotopic (exact) mass is 349 g/mol. The van der Waals surface area contributed by atoms with Crippen LogP contribution in [0.1, 0.15) is 15.9 Å². The Morgan fingerprint density at radius 3 is 2.50 bits per heavy atom. The van der Waals surface area contributed by atoms with E-state index >= 15 is 0 Å². The molecule has 0 aliphatic carbocycles. The summed E-state index contributed by atoms with van der Waals surface area (Å²) in [6, 6.07) is 16.9. The summed E-state index contributed by atoms with van der Waals surface area (Å²) in [6.45, 7) is 0.422. The molecule has 132 valence electrons. The largest absolute Gasteiger partial charge is 0.497 e. The van der Waals surface area contributed by atoms with Crippen molar-refractivity contribution in [1.82, 2.24) is 15.3 Å². The van der Waals surface area contributed by atoms with E-state index in [-0.39, 0.29) is 5.56 Å². The standard InChI is InChI=1S/C20H19N3O3/c1-26-16-9-7-14(8-10-16)11-12-21-19(24)17-13-22-18(23-20(17)25)15-5-3-2-4-6-15/h2-10,13H,11-12H2,1H3,(H,21,24)(H,22,23,25). The molecule has 0 unspecified atom stereocenters. The molecule has 26 heavy (non-hydrogen) atoms. The number of H-pyrrole nitrogens is 1. The molecule has 0 radical (unpaired) electrons. The molecule has 2 N–H and O–H groups in total. The van der Waals surface area contributed by atoms with Crippen LogP contribution in [0.25, 0.3) is 11.4 Å². The molecule has 0 saturated carbocycles. The third kappa shape index (κ3) is 4.16. The molecule has 0 aliphatic rings. The van der Waals surface area contributed by atoms with Crippen LogP contribution in [-0.2, 0) is 6.42 Å². The number of amides is 1. The Balaban J connectivity index is 1.61. The molecule has 3 aromatic rings. The average Bonchev–Trinajstić information content (AvgIpc) is 2.69. The van der Waals surface area contributed by atoms with Gasteiger partial charge in [-0.05, 0) is 24.1 Å². The van der Waals surface area contributed by atoms with Crippen molar-refractivity contribution in [3.8, 4) is 17.1 Å². The van der Waals surface area contributed by atoms with Crippen molar-refractivity contribution in [2.45, 2.75) is 6.42 Å². The highest BCUT2D eigenvalue weighted by Gasteiger charge is 2.12. The third-order valence-corrected chi connectivity index (χ3v) is 3.95. The molecule has 0 spiro atoms. The number of carbonyl (C=O) groups is 1. The van der Waals surface area contributed by atoms with Crippen LogP contribution in [-0.4, -0.2) is 29.5 Å². The normalized spacial score (nSPS) is 10.3. The summed E-state index contributed by atoms with van der Waals surface area (Å²) in [7, 11) is 1.61. The minimum Gasteiger partial charge on any atom is -0.497 e. The molecule has 1 amide bonds. The Hall–Kier alpha value is -3.41. The minimum atomic E-state index is -0.458. The summed E-state index contributed by atoms with van der Waals surface area (Å²) in [6.07, 6.45) is 1.97. The van der Waals surface area contributed by atoms with Crippen LogP contribution in [0.5, 0.6) is 5.75 Å². The van der Waals surface area contributed by atoms with E-state index in [0.717, 1.165) is 16.9 Å². The van der Waals surface area contributed by atoms with Crippen LogP contribution in [0.3, 0.4) is 0 Å². The van der Waals surface area contributed by atoms with E-state index < -0.39 is 11.5 Å². The maximum Gasteiger partial charge on any atom is 0.264 e. The Morgan fingerprint density at radius 1 is 1.12 bits per heavy atom. The Morgan fingerprint density at radius 2 is 1.85 bits per heavy atom. The lowest BCUT2D eigenvalue weighted by Crippen LogP contribution is -2.31. The molecule has 1 heterocycles. The second-order valence-electron chi connectivity index (χ2n) is 5.69. The zero-order chi connectivity index (χ0) is 18.4. The summed E-state index contributed by atoms with van der Waals surface area (Å²) in [4.78, 5) is 31.2. The lowest BCUT2D eigenvalue weighted by molar-refractivity contribution is 0.0952. The average molecular weight is 349 g/mol. The fourth-order valence-electron chi connectivity index (χ4n) is 2.51. The fourth-order valence-corrected chi connectivity index (χ4v) is 2.51. The fraction of sp³-hybridized carbons (Fsp3) is 0.150. The number of hydrogen-bond acceptors (Lipinski definition) is 4. The zero-order valence-corrected chi connectivity index (χ0v) is 14.4. The number of nitrogens with one attached hydrogen (secondary N) is 2. The molecular formula is C20H19N3O3. The van der Waals surface area contributed by atoms with Gasteiger partial charge in [0, 0.05) is 18.3 Å². The minimum absolute atomic E-state index is 0.000544. The number of benzene rings is 2. The van der Waals surface area contributed by atoms with E-state index in [1.807, 2.05) is 54.6 Å². The smallest absolute Gasteiger partial charge is 0.264 e. The predicted molar refractivity (Wildman–Crippen MR) is 99.3 cm³/mol. The molecule has 1 aromatic heterocycles. The summed E-state index contributed by atoms with van der Waals surface area (Å²) >= 11 is 0. The highest BCUT2D eigenvalue weighted by Crippen LogP contribution is 2.12. The van der Waals surface area contributed by atoms with E-state index in [1.54, 1.807) is 7.11 Å². The van der Waals surface area contributed by atoms with Gasteiger partial charge in [0.1, 0.15) is 17.1 Å². The Bertz CT molecular complexity index is 935. The van der Waals surface area contributed by atoms with Gasteiger partial charge in [0.05, 0.1) is 7.11 Å². The lowest BCUT2D eigenvalue weighted by atomic mass is 10.1. The molecule has 0 atom stereocenters. The third-order valence-electron chi connectivity index (χ3n) is 3.95. The SMILES string of the molecule is COc1ccc(CCNC(=O)c2cnc(-c3ccccc3)[nH]c2=O)cc1. The molecule has 6 nitrogen and oxygen atoms in total. The maximum atomic E-state index is 12.2.